The highest BCUT2D eigenvalue weighted by atomic mass is 16.7. The van der Waals surface area contributed by atoms with Crippen LogP contribution in [0.4, 0.5) is 5.69 Å². The molecule has 3 aromatic rings. The Morgan fingerprint density at radius 2 is 1.72 bits per heavy atom. The molecule has 1 fully saturated rings. The molecule has 10 nitrogen and oxygen atoms in total. The number of fused-ring (bicyclic) bond motifs is 1. The van der Waals surface area contributed by atoms with Gasteiger partial charge in [0.25, 0.3) is 11.8 Å². The molecule has 0 saturated heterocycles. The highest BCUT2D eigenvalue weighted by molar-refractivity contribution is 6.04. The first-order valence-electron chi connectivity index (χ1n) is 12.0. The number of furan rings is 2. The van der Waals surface area contributed by atoms with Crippen molar-refractivity contribution >= 4 is 23.4 Å². The zero-order valence-corrected chi connectivity index (χ0v) is 19.6. The summed E-state index contributed by atoms with van der Waals surface area (Å²) in [6, 6.07) is 10.3. The number of amides is 3. The number of benzene rings is 1. The van der Waals surface area contributed by atoms with Gasteiger partial charge in [-0.3, -0.25) is 19.3 Å². The van der Waals surface area contributed by atoms with Crippen LogP contribution in [0.15, 0.2) is 63.8 Å². The van der Waals surface area contributed by atoms with E-state index in [1.807, 2.05) is 0 Å². The van der Waals surface area contributed by atoms with E-state index in [-0.39, 0.29) is 31.0 Å². The van der Waals surface area contributed by atoms with E-state index >= 15 is 0 Å². The van der Waals surface area contributed by atoms with Crippen LogP contribution >= 0.6 is 0 Å². The molecule has 1 aliphatic heterocycles. The van der Waals surface area contributed by atoms with Crippen molar-refractivity contribution in [2.75, 3.05) is 18.2 Å². The van der Waals surface area contributed by atoms with Crippen molar-refractivity contribution in [2.45, 2.75) is 44.2 Å². The minimum absolute atomic E-state index is 0.0241. The highest BCUT2D eigenvalue weighted by Gasteiger charge is 2.36. The Kier molecular flexibility index (Phi) is 6.92. The lowest BCUT2D eigenvalue weighted by atomic mass is 9.95. The van der Waals surface area contributed by atoms with E-state index < -0.39 is 17.9 Å². The molecule has 188 valence electrons. The Morgan fingerprint density at radius 1 is 0.944 bits per heavy atom. The number of hydrogen-bond donors (Lipinski definition) is 2. The summed E-state index contributed by atoms with van der Waals surface area (Å²) in [6.45, 7) is -0.308. The number of nitrogens with one attached hydrogen (secondary N) is 2. The zero-order chi connectivity index (χ0) is 24.9. The fourth-order valence-electron chi connectivity index (χ4n) is 4.56. The third kappa shape index (κ3) is 5.07. The van der Waals surface area contributed by atoms with Crippen LogP contribution in [0.25, 0.3) is 0 Å². The second-order valence-corrected chi connectivity index (χ2v) is 8.72. The minimum atomic E-state index is -1.10. The molecule has 3 amide bonds. The van der Waals surface area contributed by atoms with Crippen molar-refractivity contribution in [3.05, 3.63) is 66.5 Å². The largest absolute Gasteiger partial charge is 0.467 e. The lowest BCUT2D eigenvalue weighted by Gasteiger charge is -2.32. The van der Waals surface area contributed by atoms with E-state index in [0.29, 0.717) is 22.9 Å². The van der Waals surface area contributed by atoms with Crippen molar-refractivity contribution in [1.82, 2.24) is 10.6 Å². The standard InChI is InChI=1S/C26H27N3O7/c30-23(15-27-25(31)21-9-5-13-34-21)29(18-10-11-19-22(14-18)36-16-35-19)24(20-8-4-12-33-20)26(32)28-17-6-2-1-3-7-17/h4-5,8-14,17,24H,1-3,6-7,15-16H2,(H,27,31)(H,28,32). The lowest BCUT2D eigenvalue weighted by molar-refractivity contribution is -0.127. The van der Waals surface area contributed by atoms with Crippen LogP contribution in [0.5, 0.6) is 11.5 Å². The molecule has 1 aromatic carbocycles. The Balaban J connectivity index is 1.46. The van der Waals surface area contributed by atoms with E-state index in [9.17, 15) is 14.4 Å². The number of rotatable bonds is 8. The van der Waals surface area contributed by atoms with Gasteiger partial charge in [-0.1, -0.05) is 19.3 Å². The van der Waals surface area contributed by atoms with Gasteiger partial charge >= 0.3 is 0 Å². The van der Waals surface area contributed by atoms with Crippen molar-refractivity contribution in [3.63, 3.8) is 0 Å². The van der Waals surface area contributed by atoms with Crippen molar-refractivity contribution in [1.29, 1.82) is 0 Å². The number of anilines is 1. The number of hydrogen-bond acceptors (Lipinski definition) is 7. The van der Waals surface area contributed by atoms with Crippen LogP contribution in [0.1, 0.15) is 54.5 Å². The molecule has 1 aliphatic carbocycles. The third-order valence-corrected chi connectivity index (χ3v) is 6.32. The Hall–Kier alpha value is -4.21. The average Bonchev–Trinajstić information content (AvgIpc) is 3.68. The normalized spacial score (nSPS) is 15.8. The van der Waals surface area contributed by atoms with Gasteiger partial charge in [-0.05, 0) is 49.2 Å². The quantitative estimate of drug-likeness (QED) is 0.492. The van der Waals surface area contributed by atoms with E-state index in [1.54, 1.807) is 36.4 Å². The molecule has 5 rings (SSSR count). The summed E-state index contributed by atoms with van der Waals surface area (Å²) in [5.74, 6) is -0.0505. The first kappa shape index (κ1) is 23.5. The maximum atomic E-state index is 13.7. The van der Waals surface area contributed by atoms with Gasteiger partial charge in [0.15, 0.2) is 23.3 Å². The molecule has 10 heteroatoms. The van der Waals surface area contributed by atoms with Crippen molar-refractivity contribution < 1.29 is 32.7 Å². The fraction of sp³-hybridized carbons (Fsp3) is 0.346. The summed E-state index contributed by atoms with van der Waals surface area (Å²) in [5, 5.41) is 5.67. The summed E-state index contributed by atoms with van der Waals surface area (Å²) in [5.41, 5.74) is 0.400. The van der Waals surface area contributed by atoms with Crippen LogP contribution in [0.3, 0.4) is 0 Å². The molecule has 2 aliphatic rings. The van der Waals surface area contributed by atoms with Crippen LogP contribution < -0.4 is 25.0 Å². The summed E-state index contributed by atoms with van der Waals surface area (Å²) in [4.78, 5) is 41.0. The number of carbonyl (C=O) groups is 3. The van der Waals surface area contributed by atoms with Gasteiger partial charge in [0.1, 0.15) is 5.76 Å². The molecule has 0 spiro atoms. The summed E-state index contributed by atoms with van der Waals surface area (Å²) >= 11 is 0. The second kappa shape index (κ2) is 10.6. The van der Waals surface area contributed by atoms with Crippen LogP contribution in [0.2, 0.25) is 0 Å². The van der Waals surface area contributed by atoms with Gasteiger partial charge < -0.3 is 28.9 Å². The van der Waals surface area contributed by atoms with E-state index in [2.05, 4.69) is 10.6 Å². The maximum absolute atomic E-state index is 13.7. The first-order valence-corrected chi connectivity index (χ1v) is 12.0. The summed E-state index contributed by atoms with van der Waals surface area (Å²) in [6.07, 6.45) is 7.82. The molecular weight excluding hydrogens is 466 g/mol. The first-order chi connectivity index (χ1) is 17.6. The number of carbonyl (C=O) groups excluding carboxylic acids is 3. The number of ether oxygens (including phenoxy) is 2. The molecular formula is C26H27N3O7. The van der Waals surface area contributed by atoms with Gasteiger partial charge in [-0.2, -0.15) is 0 Å². The summed E-state index contributed by atoms with van der Waals surface area (Å²) in [7, 11) is 0. The van der Waals surface area contributed by atoms with Gasteiger partial charge in [0.05, 0.1) is 19.1 Å². The Labute approximate surface area is 207 Å². The van der Waals surface area contributed by atoms with Gasteiger partial charge in [-0.25, -0.2) is 0 Å². The molecule has 2 aromatic heterocycles. The Morgan fingerprint density at radius 3 is 2.47 bits per heavy atom. The monoisotopic (exact) mass is 493 g/mol. The van der Waals surface area contributed by atoms with Crippen molar-refractivity contribution in [3.8, 4) is 11.5 Å². The molecule has 0 bridgehead atoms. The molecule has 36 heavy (non-hydrogen) atoms. The smallest absolute Gasteiger partial charge is 0.287 e. The van der Waals surface area contributed by atoms with Crippen LogP contribution in [-0.2, 0) is 9.59 Å². The molecule has 3 heterocycles. The number of nitrogens with zero attached hydrogens (tertiary/aromatic N) is 1. The van der Waals surface area contributed by atoms with Crippen LogP contribution in [0, 0.1) is 0 Å². The maximum Gasteiger partial charge on any atom is 0.287 e. The fourth-order valence-corrected chi connectivity index (χ4v) is 4.56. The average molecular weight is 494 g/mol. The highest BCUT2D eigenvalue weighted by Crippen LogP contribution is 2.38. The topological polar surface area (TPSA) is 123 Å². The Bertz CT molecular complexity index is 1200. The van der Waals surface area contributed by atoms with Gasteiger partial charge in [0.2, 0.25) is 12.7 Å². The van der Waals surface area contributed by atoms with E-state index in [0.717, 1.165) is 32.1 Å². The van der Waals surface area contributed by atoms with Gasteiger partial charge in [0, 0.05) is 17.8 Å². The second-order valence-electron chi connectivity index (χ2n) is 8.72. The lowest BCUT2D eigenvalue weighted by Crippen LogP contribution is -2.49. The van der Waals surface area contributed by atoms with Gasteiger partial charge in [-0.15, -0.1) is 0 Å². The molecule has 1 saturated carbocycles. The zero-order valence-electron chi connectivity index (χ0n) is 19.6. The van der Waals surface area contributed by atoms with Crippen LogP contribution in [-0.4, -0.2) is 37.1 Å². The van der Waals surface area contributed by atoms with E-state index in [4.69, 9.17) is 18.3 Å². The SMILES string of the molecule is O=C(NCC(=O)N(c1ccc2c(c1)OCO2)C(C(=O)NC1CCCCC1)c1ccco1)c1ccco1. The summed E-state index contributed by atoms with van der Waals surface area (Å²) < 4.78 is 21.6. The molecule has 1 unspecified atom stereocenters. The molecule has 1 atom stereocenters. The third-order valence-electron chi connectivity index (χ3n) is 6.32. The van der Waals surface area contributed by atoms with E-state index in [1.165, 1.54) is 23.5 Å². The predicted molar refractivity (Wildman–Crippen MR) is 128 cm³/mol. The molecule has 2 N–H and O–H groups in total. The molecule has 0 radical (unpaired) electrons. The predicted octanol–water partition coefficient (Wildman–Crippen LogP) is 3.55. The minimum Gasteiger partial charge on any atom is -0.467 e. The van der Waals surface area contributed by atoms with Crippen molar-refractivity contribution in [2.24, 2.45) is 0 Å².